The van der Waals surface area contributed by atoms with Gasteiger partial charge in [0, 0.05) is 0 Å². The van der Waals surface area contributed by atoms with Gasteiger partial charge in [-0.2, -0.15) is 5.26 Å². The van der Waals surface area contributed by atoms with Crippen LogP contribution in [0.5, 0.6) is 0 Å². The molecule has 3 N–H and O–H groups in total. The zero-order valence-electron chi connectivity index (χ0n) is 15.1. The molecule has 142 valence electrons. The molecule has 1 saturated heterocycles. The van der Waals surface area contributed by atoms with Gasteiger partial charge < -0.3 is 20.3 Å². The number of carbonyl (C=O) groups is 1. The number of esters is 1. The highest BCUT2D eigenvalue weighted by Crippen LogP contribution is 2.31. The number of nitrogens with zero attached hydrogens (tertiary/aromatic N) is 2. The number of nitrogen functional groups attached to an aromatic ring is 1. The number of thiophene rings is 1. The fourth-order valence-corrected chi connectivity index (χ4v) is 4.52. The molecule has 2 heterocycles. The van der Waals surface area contributed by atoms with E-state index < -0.39 is 5.97 Å². The molecule has 8 heteroatoms. The zero-order chi connectivity index (χ0) is 19.4. The second-order valence-electron chi connectivity index (χ2n) is 6.35. The number of quaternary nitrogens is 1. The lowest BCUT2D eigenvalue weighted by Gasteiger charge is -2.34. The maximum Gasteiger partial charge on any atom is 0.348 e. The van der Waals surface area contributed by atoms with E-state index in [1.54, 1.807) is 6.92 Å². The Morgan fingerprint density at radius 1 is 1.41 bits per heavy atom. The third-order valence-corrected chi connectivity index (χ3v) is 6.06. The highest BCUT2D eigenvalue weighted by atomic mass is 35.5. The maximum absolute atomic E-state index is 12.3. The van der Waals surface area contributed by atoms with Gasteiger partial charge in [-0.25, -0.2) is 4.79 Å². The summed E-state index contributed by atoms with van der Waals surface area (Å²) < 4.78 is 5.13. The van der Waals surface area contributed by atoms with E-state index in [1.165, 1.54) is 4.90 Å². The van der Waals surface area contributed by atoms with Crippen molar-refractivity contribution in [3.05, 3.63) is 45.3 Å². The number of anilines is 2. The fraction of sp³-hybridized carbons (Fsp3) is 0.368. The van der Waals surface area contributed by atoms with Crippen LogP contribution in [0, 0.1) is 11.3 Å². The standard InChI is InChI=1S/C19H21ClN4O2S/c1-2-26-19(25)17-14(13(11-21)18(22)27-17)12-23-7-9-24(10-8-23)16-6-4-3-5-15(16)20/h3-6H,2,7-10,12,22H2,1H3/p+1. The number of ether oxygens (including phenoxy) is 1. The molecule has 1 aliphatic rings. The Labute approximate surface area is 167 Å². The van der Waals surface area contributed by atoms with E-state index in [9.17, 15) is 10.1 Å². The molecule has 3 rings (SSSR count). The predicted octanol–water partition coefficient (Wildman–Crippen LogP) is 1.94. The normalized spacial score (nSPS) is 14.8. The Hall–Kier alpha value is -2.27. The fourth-order valence-electron chi connectivity index (χ4n) is 3.34. The third-order valence-electron chi connectivity index (χ3n) is 4.70. The number of nitriles is 1. The summed E-state index contributed by atoms with van der Waals surface area (Å²) in [5.41, 5.74) is 8.12. The molecule has 0 atom stereocenters. The molecule has 0 bridgehead atoms. The number of halogens is 1. The highest BCUT2D eigenvalue weighted by molar-refractivity contribution is 7.18. The van der Waals surface area contributed by atoms with Crippen molar-refractivity contribution in [2.24, 2.45) is 0 Å². The molecule has 1 fully saturated rings. The maximum atomic E-state index is 12.3. The van der Waals surface area contributed by atoms with Gasteiger partial charge in [-0.3, -0.25) is 0 Å². The van der Waals surface area contributed by atoms with Crippen LogP contribution in [0.2, 0.25) is 5.02 Å². The lowest BCUT2D eigenvalue weighted by Crippen LogP contribution is -3.13. The monoisotopic (exact) mass is 405 g/mol. The van der Waals surface area contributed by atoms with Crippen LogP contribution in [0.4, 0.5) is 10.7 Å². The van der Waals surface area contributed by atoms with Crippen LogP contribution in [0.3, 0.4) is 0 Å². The van der Waals surface area contributed by atoms with Crippen LogP contribution in [0.25, 0.3) is 0 Å². The van der Waals surface area contributed by atoms with E-state index in [1.807, 2.05) is 24.3 Å². The molecule has 1 aliphatic heterocycles. The van der Waals surface area contributed by atoms with Gasteiger partial charge in [0.05, 0.1) is 54.6 Å². The van der Waals surface area contributed by atoms with Gasteiger partial charge >= 0.3 is 5.97 Å². The largest absolute Gasteiger partial charge is 0.462 e. The topological polar surface area (TPSA) is 83.8 Å². The lowest BCUT2D eigenvalue weighted by atomic mass is 10.1. The summed E-state index contributed by atoms with van der Waals surface area (Å²) in [5.74, 6) is -0.403. The number of benzene rings is 1. The van der Waals surface area contributed by atoms with Gasteiger partial charge in [0.2, 0.25) is 0 Å². The first-order valence-corrected chi connectivity index (χ1v) is 10.1. The van der Waals surface area contributed by atoms with E-state index in [-0.39, 0.29) is 0 Å². The first kappa shape index (κ1) is 19.5. The minimum absolute atomic E-state index is 0.293. The van der Waals surface area contributed by atoms with Crippen molar-refractivity contribution < 1.29 is 14.4 Å². The Kier molecular flexibility index (Phi) is 6.22. The van der Waals surface area contributed by atoms with Crippen LogP contribution >= 0.6 is 22.9 Å². The zero-order valence-corrected chi connectivity index (χ0v) is 16.7. The first-order valence-electron chi connectivity index (χ1n) is 8.86. The molecule has 1 aromatic carbocycles. The van der Waals surface area contributed by atoms with Crippen molar-refractivity contribution in [2.75, 3.05) is 43.4 Å². The van der Waals surface area contributed by atoms with Gasteiger partial charge in [-0.15, -0.1) is 11.3 Å². The summed E-state index contributed by atoms with van der Waals surface area (Å²) in [5, 5.41) is 10.6. The van der Waals surface area contributed by atoms with Crippen LogP contribution in [0.1, 0.15) is 27.7 Å². The van der Waals surface area contributed by atoms with Gasteiger partial charge in [0.15, 0.2) is 0 Å². The third kappa shape index (κ3) is 4.19. The summed E-state index contributed by atoms with van der Waals surface area (Å²) in [6.07, 6.45) is 0. The van der Waals surface area contributed by atoms with Crippen LogP contribution in [0.15, 0.2) is 24.3 Å². The van der Waals surface area contributed by atoms with Crippen molar-refractivity contribution in [1.29, 1.82) is 5.26 Å². The predicted molar refractivity (Wildman–Crippen MR) is 107 cm³/mol. The van der Waals surface area contributed by atoms with Crippen molar-refractivity contribution in [3.8, 4) is 6.07 Å². The average molecular weight is 406 g/mol. The Bertz CT molecular complexity index is 869. The molecule has 0 unspecified atom stereocenters. The van der Waals surface area contributed by atoms with Gasteiger partial charge in [0.25, 0.3) is 0 Å². The summed E-state index contributed by atoms with van der Waals surface area (Å²) in [7, 11) is 0. The van der Waals surface area contributed by atoms with Crippen molar-refractivity contribution in [3.63, 3.8) is 0 Å². The molecule has 0 aliphatic carbocycles. The SMILES string of the molecule is CCOC(=O)c1sc(N)c(C#N)c1C[NH+]1CCN(c2ccccc2Cl)CC1. The Morgan fingerprint density at radius 3 is 2.74 bits per heavy atom. The van der Waals surface area contributed by atoms with Gasteiger partial charge in [0.1, 0.15) is 22.5 Å². The second kappa shape index (κ2) is 8.61. The lowest BCUT2D eigenvalue weighted by molar-refractivity contribution is -0.914. The number of rotatable bonds is 5. The van der Waals surface area contributed by atoms with Gasteiger partial charge in [-0.05, 0) is 19.1 Å². The molecular weight excluding hydrogens is 384 g/mol. The molecule has 6 nitrogen and oxygen atoms in total. The molecule has 27 heavy (non-hydrogen) atoms. The minimum atomic E-state index is -0.403. The molecule has 0 saturated carbocycles. The number of hydrogen-bond acceptors (Lipinski definition) is 6. The molecule has 1 aromatic heterocycles. The second-order valence-corrected chi connectivity index (χ2v) is 7.81. The molecule has 0 radical (unpaired) electrons. The Morgan fingerprint density at radius 2 is 2.11 bits per heavy atom. The summed E-state index contributed by atoms with van der Waals surface area (Å²) in [4.78, 5) is 16.3. The number of carbonyl (C=O) groups excluding carboxylic acids is 1. The number of hydrogen-bond donors (Lipinski definition) is 2. The Balaban J connectivity index is 1.73. The van der Waals surface area contributed by atoms with Crippen molar-refractivity contribution in [1.82, 2.24) is 0 Å². The van der Waals surface area contributed by atoms with Crippen LogP contribution < -0.4 is 15.5 Å². The summed E-state index contributed by atoms with van der Waals surface area (Å²) in [6, 6.07) is 9.99. The average Bonchev–Trinajstić information content (AvgIpc) is 2.98. The number of piperazine rings is 1. The van der Waals surface area contributed by atoms with Crippen molar-refractivity contribution in [2.45, 2.75) is 13.5 Å². The molecule has 0 amide bonds. The number of nitrogens with two attached hydrogens (primary N) is 1. The summed E-state index contributed by atoms with van der Waals surface area (Å²) in [6.45, 7) is 6.12. The number of nitrogens with one attached hydrogen (secondary N) is 1. The smallest absolute Gasteiger partial charge is 0.348 e. The summed E-state index contributed by atoms with van der Waals surface area (Å²) >= 11 is 7.44. The highest BCUT2D eigenvalue weighted by Gasteiger charge is 2.28. The van der Waals surface area contributed by atoms with Crippen LogP contribution in [-0.4, -0.2) is 38.8 Å². The van der Waals surface area contributed by atoms with Gasteiger partial charge in [-0.1, -0.05) is 23.7 Å². The molecule has 0 spiro atoms. The van der Waals surface area contributed by atoms with E-state index in [0.29, 0.717) is 34.2 Å². The first-order chi connectivity index (χ1) is 13.0. The van der Waals surface area contributed by atoms with Crippen molar-refractivity contribution >= 4 is 39.6 Å². The van der Waals surface area contributed by atoms with E-state index in [0.717, 1.165) is 48.2 Å². The van der Waals surface area contributed by atoms with E-state index in [4.69, 9.17) is 22.1 Å². The molecular formula is C19H22ClN4O2S+. The number of para-hydroxylation sites is 1. The van der Waals surface area contributed by atoms with Crippen LogP contribution in [-0.2, 0) is 11.3 Å². The van der Waals surface area contributed by atoms with E-state index in [2.05, 4.69) is 11.0 Å². The molecule has 2 aromatic rings. The van der Waals surface area contributed by atoms with E-state index >= 15 is 0 Å². The quantitative estimate of drug-likeness (QED) is 0.742. The minimum Gasteiger partial charge on any atom is -0.462 e.